The highest BCUT2D eigenvalue weighted by atomic mass is 127. The highest BCUT2D eigenvalue weighted by Crippen LogP contribution is 2.25. The highest BCUT2D eigenvalue weighted by Gasteiger charge is 2.32. The summed E-state index contributed by atoms with van der Waals surface area (Å²) in [5.41, 5.74) is 1.10. The number of hydrogen-bond acceptors (Lipinski definition) is 4. The second-order valence-corrected chi connectivity index (χ2v) is 7.11. The van der Waals surface area contributed by atoms with Crippen LogP contribution in [0.5, 0.6) is 0 Å². The van der Waals surface area contributed by atoms with Crippen molar-refractivity contribution in [2.75, 3.05) is 51.4 Å². The van der Waals surface area contributed by atoms with Crippen LogP contribution in [0.4, 0.5) is 5.69 Å². The SMILES string of the molecule is CCNC(=NCC1(OC)CCOCC1)NC1CCN(c2ccccc2)C1.I. The molecule has 0 aromatic heterocycles. The van der Waals surface area contributed by atoms with Crippen molar-refractivity contribution in [3.8, 4) is 0 Å². The zero-order valence-electron chi connectivity index (χ0n) is 16.4. The molecule has 2 saturated heterocycles. The molecule has 2 N–H and O–H groups in total. The molecule has 0 radical (unpaired) electrons. The monoisotopic (exact) mass is 488 g/mol. The number of nitrogens with zero attached hydrogens (tertiary/aromatic N) is 2. The van der Waals surface area contributed by atoms with Crippen molar-refractivity contribution in [1.29, 1.82) is 0 Å². The van der Waals surface area contributed by atoms with Crippen molar-refractivity contribution < 1.29 is 9.47 Å². The van der Waals surface area contributed by atoms with Gasteiger partial charge in [0.05, 0.1) is 12.1 Å². The molecule has 6 nitrogen and oxygen atoms in total. The average molecular weight is 488 g/mol. The first-order valence-corrected chi connectivity index (χ1v) is 9.72. The zero-order chi connectivity index (χ0) is 18.2. The Hall–Kier alpha value is -1.06. The number of guanidine groups is 1. The summed E-state index contributed by atoms with van der Waals surface area (Å²) < 4.78 is 11.3. The van der Waals surface area contributed by atoms with Crippen LogP contribution in [0.15, 0.2) is 35.3 Å². The van der Waals surface area contributed by atoms with Crippen LogP contribution in [-0.2, 0) is 9.47 Å². The van der Waals surface area contributed by atoms with Gasteiger partial charge in [0.15, 0.2) is 5.96 Å². The standard InChI is InChI=1S/C20H32N4O2.HI/c1-3-21-19(22-16-20(25-2)10-13-26-14-11-20)23-17-9-12-24(15-17)18-7-5-4-6-8-18;/h4-8,17H,3,9-16H2,1-2H3,(H2,21,22,23);1H. The molecule has 1 aromatic rings. The molecule has 2 aliphatic heterocycles. The minimum absolute atomic E-state index is 0. The normalized spacial score (nSPS) is 22.2. The van der Waals surface area contributed by atoms with E-state index in [1.807, 2.05) is 0 Å². The number of methoxy groups -OCH3 is 1. The zero-order valence-corrected chi connectivity index (χ0v) is 18.8. The molecule has 27 heavy (non-hydrogen) atoms. The Labute approximate surface area is 180 Å². The molecule has 0 spiro atoms. The van der Waals surface area contributed by atoms with E-state index in [0.29, 0.717) is 12.6 Å². The van der Waals surface area contributed by atoms with Crippen LogP contribution in [-0.4, -0.2) is 64.1 Å². The van der Waals surface area contributed by atoms with Crippen molar-refractivity contribution in [2.24, 2.45) is 4.99 Å². The van der Waals surface area contributed by atoms with Gasteiger partial charge in [0.2, 0.25) is 0 Å². The first-order chi connectivity index (χ1) is 12.7. The minimum Gasteiger partial charge on any atom is -0.381 e. The van der Waals surface area contributed by atoms with Crippen molar-refractivity contribution in [3.63, 3.8) is 0 Å². The first kappa shape index (κ1) is 22.2. The maximum atomic E-state index is 5.80. The van der Waals surface area contributed by atoms with E-state index in [-0.39, 0.29) is 29.6 Å². The van der Waals surface area contributed by atoms with Gasteiger partial charge in [-0.3, -0.25) is 4.99 Å². The van der Waals surface area contributed by atoms with Crippen molar-refractivity contribution in [1.82, 2.24) is 10.6 Å². The molecule has 2 fully saturated rings. The Bertz CT molecular complexity index is 579. The Kier molecular flexibility index (Phi) is 9.11. The number of aliphatic imine (C=N–C) groups is 1. The summed E-state index contributed by atoms with van der Waals surface area (Å²) in [5, 5.41) is 6.99. The van der Waals surface area contributed by atoms with Crippen LogP contribution in [0.25, 0.3) is 0 Å². The lowest BCUT2D eigenvalue weighted by molar-refractivity contribution is -0.0828. The lowest BCUT2D eigenvalue weighted by Crippen LogP contribution is -2.47. The smallest absolute Gasteiger partial charge is 0.191 e. The molecule has 2 heterocycles. The van der Waals surface area contributed by atoms with E-state index in [0.717, 1.165) is 58.1 Å². The molecule has 2 aliphatic rings. The van der Waals surface area contributed by atoms with Crippen LogP contribution in [0.2, 0.25) is 0 Å². The van der Waals surface area contributed by atoms with Crippen molar-refractivity contribution >= 4 is 35.6 Å². The molecule has 1 atom stereocenters. The largest absolute Gasteiger partial charge is 0.381 e. The third-order valence-electron chi connectivity index (χ3n) is 5.36. The van der Waals surface area contributed by atoms with Crippen LogP contribution < -0.4 is 15.5 Å². The highest BCUT2D eigenvalue weighted by molar-refractivity contribution is 14.0. The number of benzene rings is 1. The maximum absolute atomic E-state index is 5.80. The number of hydrogen-bond donors (Lipinski definition) is 2. The Balaban J connectivity index is 0.00000261. The number of nitrogens with one attached hydrogen (secondary N) is 2. The van der Waals surface area contributed by atoms with E-state index in [1.54, 1.807) is 7.11 Å². The quantitative estimate of drug-likeness (QED) is 0.367. The predicted octanol–water partition coefficient (Wildman–Crippen LogP) is 2.63. The molecular weight excluding hydrogens is 455 g/mol. The van der Waals surface area contributed by atoms with Gasteiger partial charge in [0, 0.05) is 64.5 Å². The summed E-state index contributed by atoms with van der Waals surface area (Å²) in [6.07, 6.45) is 2.91. The number of rotatable bonds is 6. The fourth-order valence-electron chi connectivity index (χ4n) is 3.66. The third-order valence-corrected chi connectivity index (χ3v) is 5.36. The number of anilines is 1. The number of para-hydroxylation sites is 1. The molecular formula is C20H33IN4O2. The van der Waals surface area contributed by atoms with Gasteiger partial charge >= 0.3 is 0 Å². The summed E-state index contributed by atoms with van der Waals surface area (Å²) in [5.74, 6) is 0.885. The van der Waals surface area contributed by atoms with Gasteiger partial charge < -0.3 is 25.0 Å². The van der Waals surface area contributed by atoms with E-state index in [9.17, 15) is 0 Å². The molecule has 0 saturated carbocycles. The number of halogens is 1. The average Bonchev–Trinajstić information content (AvgIpc) is 3.16. The summed E-state index contributed by atoms with van der Waals surface area (Å²) in [4.78, 5) is 7.26. The molecule has 3 rings (SSSR count). The number of ether oxygens (including phenoxy) is 2. The van der Waals surface area contributed by atoms with Gasteiger partial charge in [0.1, 0.15) is 0 Å². The minimum atomic E-state index is -0.188. The van der Waals surface area contributed by atoms with E-state index < -0.39 is 0 Å². The topological polar surface area (TPSA) is 58.1 Å². The van der Waals surface area contributed by atoms with Gasteiger partial charge in [-0.1, -0.05) is 18.2 Å². The fourth-order valence-corrected chi connectivity index (χ4v) is 3.66. The Morgan fingerprint density at radius 3 is 2.70 bits per heavy atom. The van der Waals surface area contributed by atoms with Crippen LogP contribution in [0, 0.1) is 0 Å². The third kappa shape index (κ3) is 6.22. The lowest BCUT2D eigenvalue weighted by Gasteiger charge is -2.34. The Morgan fingerprint density at radius 1 is 1.30 bits per heavy atom. The van der Waals surface area contributed by atoms with Crippen LogP contribution in [0.3, 0.4) is 0 Å². The van der Waals surface area contributed by atoms with Gasteiger partial charge in [-0.15, -0.1) is 24.0 Å². The molecule has 0 bridgehead atoms. The predicted molar refractivity (Wildman–Crippen MR) is 121 cm³/mol. The van der Waals surface area contributed by atoms with Crippen LogP contribution >= 0.6 is 24.0 Å². The van der Waals surface area contributed by atoms with Crippen molar-refractivity contribution in [2.45, 2.75) is 37.8 Å². The van der Waals surface area contributed by atoms with Gasteiger partial charge in [0.25, 0.3) is 0 Å². The van der Waals surface area contributed by atoms with Gasteiger partial charge in [-0.25, -0.2) is 0 Å². The molecule has 152 valence electrons. The molecule has 1 aromatic carbocycles. The van der Waals surface area contributed by atoms with Crippen molar-refractivity contribution in [3.05, 3.63) is 30.3 Å². The fraction of sp³-hybridized carbons (Fsp3) is 0.650. The summed E-state index contributed by atoms with van der Waals surface area (Å²) in [7, 11) is 1.79. The lowest BCUT2D eigenvalue weighted by atomic mass is 9.94. The summed E-state index contributed by atoms with van der Waals surface area (Å²) in [6.45, 7) is 7.19. The van der Waals surface area contributed by atoms with E-state index in [1.165, 1.54) is 5.69 Å². The maximum Gasteiger partial charge on any atom is 0.191 e. The van der Waals surface area contributed by atoms with Gasteiger partial charge in [-0.05, 0) is 25.5 Å². The molecule has 7 heteroatoms. The molecule has 0 aliphatic carbocycles. The molecule has 1 unspecified atom stereocenters. The van der Waals surface area contributed by atoms with Crippen LogP contribution in [0.1, 0.15) is 26.2 Å². The first-order valence-electron chi connectivity index (χ1n) is 9.72. The van der Waals surface area contributed by atoms with E-state index in [4.69, 9.17) is 14.5 Å². The van der Waals surface area contributed by atoms with E-state index in [2.05, 4.69) is 52.8 Å². The summed E-state index contributed by atoms with van der Waals surface area (Å²) in [6, 6.07) is 11.0. The molecule has 0 amide bonds. The Morgan fingerprint density at radius 2 is 2.04 bits per heavy atom. The summed E-state index contributed by atoms with van der Waals surface area (Å²) >= 11 is 0. The second-order valence-electron chi connectivity index (χ2n) is 7.11. The second kappa shape index (κ2) is 11.1. The van der Waals surface area contributed by atoms with E-state index >= 15 is 0 Å². The van der Waals surface area contributed by atoms with Gasteiger partial charge in [-0.2, -0.15) is 0 Å².